The van der Waals surface area contributed by atoms with Crippen LogP contribution in [-0.2, 0) is 32.6 Å². The molecule has 3 aromatic carbocycles. The molecule has 19 heteroatoms. The number of amides is 4. The number of aromatic nitrogens is 6. The maximum absolute atomic E-state index is 14.3. The summed E-state index contributed by atoms with van der Waals surface area (Å²) >= 11 is 7.93. The molecule has 4 N–H and O–H groups in total. The fourth-order valence-electron chi connectivity index (χ4n) is 9.66. The Morgan fingerprint density at radius 1 is 0.903 bits per heavy atom. The molecule has 0 radical (unpaired) electrons. The maximum Gasteiger partial charge on any atom is 0.246 e. The van der Waals surface area contributed by atoms with Crippen LogP contribution in [0.25, 0.3) is 16.3 Å². The number of hydrogen-bond donors (Lipinski definition) is 4. The molecule has 1 saturated heterocycles. The lowest BCUT2D eigenvalue weighted by atomic mass is 9.85. The van der Waals surface area contributed by atoms with E-state index >= 15 is 0 Å². The Balaban J connectivity index is 0.768. The number of aryl methyl sites for hydroxylation is 3. The van der Waals surface area contributed by atoms with Gasteiger partial charge in [-0.05, 0) is 74.1 Å². The number of carbonyl (C=O) groups is 4. The molecule has 6 aromatic rings. The number of thiophene rings is 1. The van der Waals surface area contributed by atoms with Crippen molar-refractivity contribution in [3.8, 4) is 22.0 Å². The van der Waals surface area contributed by atoms with E-state index in [1.54, 1.807) is 22.2 Å². The van der Waals surface area contributed by atoms with Gasteiger partial charge < -0.3 is 30.7 Å². The number of nitrogens with zero attached hydrogens (tertiary/aromatic N) is 8. The Labute approximate surface area is 427 Å². The largest absolute Gasteiger partial charge is 0.490 e. The lowest BCUT2D eigenvalue weighted by Gasteiger charge is -2.36. The minimum Gasteiger partial charge on any atom is -0.490 e. The molecule has 0 spiro atoms. The van der Waals surface area contributed by atoms with E-state index in [1.807, 2.05) is 119 Å². The van der Waals surface area contributed by atoms with Gasteiger partial charge in [-0.2, -0.15) is 0 Å². The highest BCUT2D eigenvalue weighted by Gasteiger charge is 2.45. The second-order valence-electron chi connectivity index (χ2n) is 20.3. The molecule has 3 aromatic heterocycles. The zero-order valence-corrected chi connectivity index (χ0v) is 43.2. The molecule has 17 nitrogen and oxygen atoms in total. The van der Waals surface area contributed by atoms with Crippen LogP contribution >= 0.6 is 22.9 Å². The van der Waals surface area contributed by atoms with Crippen molar-refractivity contribution in [1.29, 1.82) is 0 Å². The Bertz CT molecular complexity index is 3030. The molecular weight excluding hydrogens is 954 g/mol. The Kier molecular flexibility index (Phi) is 14.2. The standard InChI is InChI=1S/C53H60ClN11O6S/c1-28-30(3)72-52-46(28)47(35-15-17-36(54)18-16-35)58-41(49-61-60-31(4)65(49)52)25-45(68)57-37-22-40(23-37)71-39-19-9-32(10-20-39)21-44(67)59-48(53(5,6)7)51(70)64-27-38(66)24-42(64)50(69)56-29(2)33-11-13-34(14-12-33)43-26-55-62-63(43)8/h9-20,26,29,37-38,40-42,48,66H,21-25,27H2,1-8H3,(H,56,69)(H,57,68)(H,59,67)/t29-,37?,38+,40?,41-,42-,48+/m0/s1. The number of fused-ring (bicyclic) bond motifs is 3. The molecule has 5 heterocycles. The van der Waals surface area contributed by atoms with Crippen molar-refractivity contribution in [1.82, 2.24) is 50.6 Å². The number of ether oxygens (including phenoxy) is 1. The Hall–Kier alpha value is -6.76. The van der Waals surface area contributed by atoms with Crippen LogP contribution in [-0.4, -0.2) is 106 Å². The first-order valence-electron chi connectivity index (χ1n) is 24.3. The van der Waals surface area contributed by atoms with Crippen LogP contribution in [0.1, 0.15) is 110 Å². The molecule has 2 fully saturated rings. The van der Waals surface area contributed by atoms with Crippen molar-refractivity contribution >= 4 is 52.3 Å². The van der Waals surface area contributed by atoms with Crippen LogP contribution in [0.4, 0.5) is 0 Å². The zero-order valence-electron chi connectivity index (χ0n) is 41.6. The summed E-state index contributed by atoms with van der Waals surface area (Å²) in [5, 5.41) is 38.3. The molecule has 4 amide bonds. The second-order valence-corrected chi connectivity index (χ2v) is 21.9. The predicted molar refractivity (Wildman–Crippen MR) is 274 cm³/mol. The maximum atomic E-state index is 14.3. The summed E-state index contributed by atoms with van der Waals surface area (Å²) in [7, 11) is 1.82. The summed E-state index contributed by atoms with van der Waals surface area (Å²) in [5.41, 5.74) is 6.48. The van der Waals surface area contributed by atoms with E-state index in [2.05, 4.69) is 50.3 Å². The van der Waals surface area contributed by atoms with Gasteiger partial charge in [0.1, 0.15) is 40.8 Å². The average molecular weight is 1010 g/mol. The number of carbonyl (C=O) groups excluding carboxylic acids is 4. The number of halogens is 1. The highest BCUT2D eigenvalue weighted by molar-refractivity contribution is 7.15. The zero-order chi connectivity index (χ0) is 51.2. The number of aliphatic imine (C=N–C) groups is 1. The molecule has 1 saturated carbocycles. The minimum absolute atomic E-state index is 0.00715. The van der Waals surface area contributed by atoms with Gasteiger partial charge in [-0.3, -0.25) is 28.7 Å². The van der Waals surface area contributed by atoms with E-state index in [0.717, 1.165) is 55.6 Å². The van der Waals surface area contributed by atoms with Crippen LogP contribution in [0.2, 0.25) is 5.02 Å². The van der Waals surface area contributed by atoms with Crippen molar-refractivity contribution in [3.05, 3.63) is 128 Å². The van der Waals surface area contributed by atoms with Crippen LogP contribution in [0.5, 0.6) is 5.75 Å². The van der Waals surface area contributed by atoms with Crippen molar-refractivity contribution in [2.24, 2.45) is 17.5 Å². The third kappa shape index (κ3) is 10.6. The third-order valence-electron chi connectivity index (χ3n) is 13.8. The first kappa shape index (κ1) is 50.2. The fourth-order valence-corrected chi connectivity index (χ4v) is 11.0. The number of rotatable bonds is 14. The van der Waals surface area contributed by atoms with Gasteiger partial charge in [0.05, 0.1) is 42.6 Å². The highest BCUT2D eigenvalue weighted by Crippen LogP contribution is 2.40. The van der Waals surface area contributed by atoms with Crippen molar-refractivity contribution in [2.45, 2.75) is 123 Å². The molecule has 1 aliphatic carbocycles. The second kappa shape index (κ2) is 20.4. The Morgan fingerprint density at radius 3 is 2.26 bits per heavy atom. The molecule has 72 heavy (non-hydrogen) atoms. The molecule has 376 valence electrons. The van der Waals surface area contributed by atoms with Gasteiger partial charge in [0.25, 0.3) is 0 Å². The smallest absolute Gasteiger partial charge is 0.246 e. The molecule has 0 unspecified atom stereocenters. The number of benzene rings is 3. The SMILES string of the molecule is Cc1sc2c(c1C)C(c1ccc(Cl)cc1)=N[C@@H](CC(=O)NC1CC(Oc3ccc(CC(=O)N[C@H](C(=O)N4C[C@H](O)C[C@H]4C(=O)N[C@@H](C)c4ccc(-c5cnnn5C)cc4)C(C)(C)C)cc3)C1)c1nnc(C)n1-2. The topological polar surface area (TPSA) is 211 Å². The van der Waals surface area contributed by atoms with Gasteiger partial charge >= 0.3 is 0 Å². The number of nitrogens with one attached hydrogen (secondary N) is 3. The lowest BCUT2D eigenvalue weighted by molar-refractivity contribution is -0.144. The average Bonchev–Trinajstić information content (AvgIpc) is 4.10. The van der Waals surface area contributed by atoms with Crippen molar-refractivity contribution in [3.63, 3.8) is 0 Å². The molecule has 9 rings (SSSR count). The normalized spacial score (nSPS) is 20.3. The molecule has 0 bridgehead atoms. The summed E-state index contributed by atoms with van der Waals surface area (Å²) in [4.78, 5) is 63.1. The molecular formula is C53H60ClN11O6S. The summed E-state index contributed by atoms with van der Waals surface area (Å²) in [5.74, 6) is 0.665. The van der Waals surface area contributed by atoms with Crippen LogP contribution in [0, 0.1) is 26.2 Å². The molecule has 3 aliphatic rings. The summed E-state index contributed by atoms with van der Waals surface area (Å²) in [6.45, 7) is 13.5. The van der Waals surface area contributed by atoms with E-state index in [4.69, 9.17) is 21.3 Å². The Morgan fingerprint density at radius 2 is 1.60 bits per heavy atom. The van der Waals surface area contributed by atoms with Crippen molar-refractivity contribution in [2.75, 3.05) is 6.54 Å². The number of aliphatic hydroxyl groups is 1. The first-order valence-corrected chi connectivity index (χ1v) is 25.4. The van der Waals surface area contributed by atoms with Gasteiger partial charge in [0.15, 0.2) is 5.82 Å². The van der Waals surface area contributed by atoms with Gasteiger partial charge in [0.2, 0.25) is 23.6 Å². The van der Waals surface area contributed by atoms with E-state index in [9.17, 15) is 24.3 Å². The van der Waals surface area contributed by atoms with Crippen molar-refractivity contribution < 1.29 is 29.0 Å². The predicted octanol–water partition coefficient (Wildman–Crippen LogP) is 6.62. The molecule has 5 atom stereocenters. The van der Waals surface area contributed by atoms with E-state index in [0.29, 0.717) is 29.4 Å². The van der Waals surface area contributed by atoms with Gasteiger partial charge in [0, 0.05) is 65.5 Å². The number of aliphatic hydroxyl groups excluding tert-OH is 1. The van der Waals surface area contributed by atoms with Gasteiger partial charge in [-0.25, -0.2) is 4.68 Å². The lowest BCUT2D eigenvalue weighted by Crippen LogP contribution is -2.58. The third-order valence-corrected chi connectivity index (χ3v) is 15.3. The fraction of sp³-hybridized carbons (Fsp3) is 0.415. The number of hydrogen-bond acceptors (Lipinski definition) is 12. The highest BCUT2D eigenvalue weighted by atomic mass is 35.5. The van der Waals surface area contributed by atoms with E-state index in [-0.39, 0.29) is 61.7 Å². The van der Waals surface area contributed by atoms with Gasteiger partial charge in [-0.1, -0.05) is 86.1 Å². The van der Waals surface area contributed by atoms with Crippen LogP contribution < -0.4 is 20.7 Å². The first-order chi connectivity index (χ1) is 34.3. The molecule has 2 aliphatic heterocycles. The van der Waals surface area contributed by atoms with Crippen LogP contribution in [0.3, 0.4) is 0 Å². The van der Waals surface area contributed by atoms with Gasteiger partial charge in [-0.15, -0.1) is 26.6 Å². The summed E-state index contributed by atoms with van der Waals surface area (Å²) in [6, 6.07) is 19.7. The number of β-amino-alcohol motifs (C(OH)–C–C–N with tert-alkyl or cyclic N) is 1. The summed E-state index contributed by atoms with van der Waals surface area (Å²) < 4.78 is 9.97. The number of likely N-dealkylation sites (tertiary alicyclic amines) is 1. The minimum atomic E-state index is -0.967. The van der Waals surface area contributed by atoms with Crippen LogP contribution in [0.15, 0.2) is 84.0 Å². The van der Waals surface area contributed by atoms with E-state index in [1.165, 1.54) is 9.78 Å². The monoisotopic (exact) mass is 1010 g/mol. The quantitative estimate of drug-likeness (QED) is 0.0916. The van der Waals surface area contributed by atoms with E-state index < -0.39 is 35.6 Å². The summed E-state index contributed by atoms with van der Waals surface area (Å²) in [6.07, 6.45) is 2.11.